The normalized spacial score (nSPS) is 10.2. The molecule has 3 heteroatoms. The second-order valence-electron chi connectivity index (χ2n) is 4.66. The van der Waals surface area contributed by atoms with Crippen LogP contribution in [0.2, 0.25) is 0 Å². The second-order valence-corrected chi connectivity index (χ2v) is 4.66. The quantitative estimate of drug-likeness (QED) is 0.843. The van der Waals surface area contributed by atoms with Gasteiger partial charge in [0.2, 0.25) is 0 Å². The van der Waals surface area contributed by atoms with Crippen LogP contribution in [0, 0.1) is 0 Å². The van der Waals surface area contributed by atoms with Crippen LogP contribution in [0.25, 0.3) is 0 Å². The van der Waals surface area contributed by atoms with E-state index in [0.717, 1.165) is 24.0 Å². The molecular formula is C17H18O3. The van der Waals surface area contributed by atoms with Crippen LogP contribution < -0.4 is 0 Å². The molecule has 0 aliphatic rings. The van der Waals surface area contributed by atoms with Gasteiger partial charge in [0.05, 0.1) is 5.56 Å². The van der Waals surface area contributed by atoms with Gasteiger partial charge in [-0.1, -0.05) is 43.7 Å². The third kappa shape index (κ3) is 3.60. The number of benzene rings is 2. The molecule has 0 heterocycles. The molecule has 3 nitrogen and oxygen atoms in total. The Hall–Kier alpha value is -2.29. The number of ether oxygens (including phenoxy) is 1. The minimum Gasteiger partial charge on any atom is -0.508 e. The molecule has 0 unspecified atom stereocenters. The lowest BCUT2D eigenvalue weighted by Crippen LogP contribution is -2.05. The Morgan fingerprint density at radius 2 is 1.90 bits per heavy atom. The van der Waals surface area contributed by atoms with Crippen LogP contribution >= 0.6 is 0 Å². The predicted molar refractivity (Wildman–Crippen MR) is 77.7 cm³/mol. The van der Waals surface area contributed by atoms with Crippen molar-refractivity contribution in [3.05, 3.63) is 65.2 Å². The predicted octanol–water partition coefficient (Wildman–Crippen LogP) is 3.70. The van der Waals surface area contributed by atoms with E-state index in [4.69, 9.17) is 4.74 Å². The van der Waals surface area contributed by atoms with Gasteiger partial charge in [-0.25, -0.2) is 4.79 Å². The Balaban J connectivity index is 2.04. The summed E-state index contributed by atoms with van der Waals surface area (Å²) < 4.78 is 5.27. The second kappa shape index (κ2) is 6.75. The maximum absolute atomic E-state index is 12.0. The van der Waals surface area contributed by atoms with Crippen molar-refractivity contribution >= 4 is 5.97 Å². The molecule has 0 aliphatic carbocycles. The molecule has 0 aromatic heterocycles. The molecule has 20 heavy (non-hydrogen) atoms. The van der Waals surface area contributed by atoms with Crippen molar-refractivity contribution in [3.8, 4) is 5.75 Å². The molecule has 104 valence electrons. The number of hydrogen-bond donors (Lipinski definition) is 1. The number of rotatable bonds is 5. The number of phenolic OH excluding ortho intramolecular Hbond substituents is 1. The van der Waals surface area contributed by atoms with E-state index in [1.165, 1.54) is 0 Å². The zero-order chi connectivity index (χ0) is 14.4. The van der Waals surface area contributed by atoms with Gasteiger partial charge in [0, 0.05) is 0 Å². The third-order valence-electron chi connectivity index (χ3n) is 3.05. The summed E-state index contributed by atoms with van der Waals surface area (Å²) in [7, 11) is 0. The van der Waals surface area contributed by atoms with E-state index < -0.39 is 0 Å². The topological polar surface area (TPSA) is 46.5 Å². The number of carbonyl (C=O) groups is 1. The van der Waals surface area contributed by atoms with E-state index in [9.17, 15) is 9.90 Å². The molecule has 0 spiro atoms. The molecule has 2 rings (SSSR count). The summed E-state index contributed by atoms with van der Waals surface area (Å²) >= 11 is 0. The van der Waals surface area contributed by atoms with Gasteiger partial charge < -0.3 is 9.84 Å². The zero-order valence-corrected chi connectivity index (χ0v) is 11.5. The first kappa shape index (κ1) is 14.1. The molecule has 0 bridgehead atoms. The first-order chi connectivity index (χ1) is 9.70. The van der Waals surface area contributed by atoms with Crippen molar-refractivity contribution in [2.24, 2.45) is 0 Å². The summed E-state index contributed by atoms with van der Waals surface area (Å²) in [6.45, 7) is 2.28. The van der Waals surface area contributed by atoms with Crippen LogP contribution in [-0.4, -0.2) is 11.1 Å². The van der Waals surface area contributed by atoms with Crippen molar-refractivity contribution in [3.63, 3.8) is 0 Å². The van der Waals surface area contributed by atoms with E-state index in [-0.39, 0.29) is 18.3 Å². The first-order valence-corrected chi connectivity index (χ1v) is 6.73. The summed E-state index contributed by atoms with van der Waals surface area (Å²) in [5.41, 5.74) is 2.21. The average molecular weight is 270 g/mol. The van der Waals surface area contributed by atoms with Gasteiger partial charge in [0.1, 0.15) is 12.4 Å². The number of aromatic hydroxyl groups is 1. The Morgan fingerprint density at radius 1 is 1.15 bits per heavy atom. The Bertz CT molecular complexity index is 576. The maximum Gasteiger partial charge on any atom is 0.338 e. The number of esters is 1. The molecule has 2 aromatic carbocycles. The Morgan fingerprint density at radius 3 is 2.60 bits per heavy atom. The lowest BCUT2D eigenvalue weighted by Gasteiger charge is -2.08. The van der Waals surface area contributed by atoms with Gasteiger partial charge in [-0.05, 0) is 35.7 Å². The van der Waals surface area contributed by atoms with Crippen molar-refractivity contribution < 1.29 is 14.6 Å². The lowest BCUT2D eigenvalue weighted by molar-refractivity contribution is 0.0472. The number of carbonyl (C=O) groups excluding carboxylic acids is 1. The molecule has 2 aromatic rings. The SMILES string of the molecule is CCCc1cc(C(=O)OCc2ccccc2)ccc1O. The molecule has 0 aliphatic heterocycles. The van der Waals surface area contributed by atoms with E-state index in [2.05, 4.69) is 0 Å². The Kier molecular flexibility index (Phi) is 4.77. The molecule has 0 fully saturated rings. The van der Waals surface area contributed by atoms with Crippen molar-refractivity contribution in [2.45, 2.75) is 26.4 Å². The molecular weight excluding hydrogens is 252 g/mol. The van der Waals surface area contributed by atoms with Gasteiger partial charge in [0.15, 0.2) is 0 Å². The minimum atomic E-state index is -0.369. The van der Waals surface area contributed by atoms with E-state index in [0.29, 0.717) is 5.56 Å². The standard InChI is InChI=1S/C17H18O3/c1-2-6-14-11-15(9-10-16(14)18)17(19)20-12-13-7-4-3-5-8-13/h3-5,7-11,18H,2,6,12H2,1H3. The maximum atomic E-state index is 12.0. The highest BCUT2D eigenvalue weighted by Crippen LogP contribution is 2.20. The molecule has 0 saturated carbocycles. The van der Waals surface area contributed by atoms with Gasteiger partial charge in [-0.2, -0.15) is 0 Å². The fraction of sp³-hybridized carbons (Fsp3) is 0.235. The molecule has 1 N–H and O–H groups in total. The van der Waals surface area contributed by atoms with E-state index >= 15 is 0 Å². The van der Waals surface area contributed by atoms with Crippen LogP contribution in [0.15, 0.2) is 48.5 Å². The number of aryl methyl sites for hydroxylation is 1. The van der Waals surface area contributed by atoms with Crippen LogP contribution in [0.3, 0.4) is 0 Å². The van der Waals surface area contributed by atoms with Gasteiger partial charge in [-0.15, -0.1) is 0 Å². The smallest absolute Gasteiger partial charge is 0.338 e. The number of hydrogen-bond acceptors (Lipinski definition) is 3. The van der Waals surface area contributed by atoms with Crippen LogP contribution in [-0.2, 0) is 17.8 Å². The van der Waals surface area contributed by atoms with Crippen molar-refractivity contribution in [1.29, 1.82) is 0 Å². The highest BCUT2D eigenvalue weighted by Gasteiger charge is 2.10. The molecule has 0 atom stereocenters. The van der Waals surface area contributed by atoms with E-state index in [1.807, 2.05) is 37.3 Å². The fourth-order valence-corrected chi connectivity index (χ4v) is 1.99. The molecule has 0 radical (unpaired) electrons. The van der Waals surface area contributed by atoms with E-state index in [1.54, 1.807) is 18.2 Å². The zero-order valence-electron chi connectivity index (χ0n) is 11.5. The number of phenols is 1. The highest BCUT2D eigenvalue weighted by atomic mass is 16.5. The van der Waals surface area contributed by atoms with Crippen molar-refractivity contribution in [2.75, 3.05) is 0 Å². The summed E-state index contributed by atoms with van der Waals surface area (Å²) in [6.07, 6.45) is 1.65. The first-order valence-electron chi connectivity index (χ1n) is 6.73. The van der Waals surface area contributed by atoms with Crippen molar-refractivity contribution in [1.82, 2.24) is 0 Å². The van der Waals surface area contributed by atoms with Crippen LogP contribution in [0.1, 0.15) is 34.8 Å². The summed E-state index contributed by atoms with van der Waals surface area (Å²) in [5.74, 6) is -0.141. The van der Waals surface area contributed by atoms with Gasteiger partial charge in [-0.3, -0.25) is 0 Å². The van der Waals surface area contributed by atoms with Crippen LogP contribution in [0.4, 0.5) is 0 Å². The van der Waals surface area contributed by atoms with Gasteiger partial charge in [0.25, 0.3) is 0 Å². The minimum absolute atomic E-state index is 0.228. The summed E-state index contributed by atoms with van der Waals surface area (Å²) in [5, 5.41) is 9.70. The Labute approximate surface area is 118 Å². The fourth-order valence-electron chi connectivity index (χ4n) is 1.99. The van der Waals surface area contributed by atoms with Crippen LogP contribution in [0.5, 0.6) is 5.75 Å². The molecule has 0 saturated heterocycles. The lowest BCUT2D eigenvalue weighted by atomic mass is 10.1. The summed E-state index contributed by atoms with van der Waals surface area (Å²) in [6, 6.07) is 14.4. The highest BCUT2D eigenvalue weighted by molar-refractivity contribution is 5.89. The average Bonchev–Trinajstić information content (AvgIpc) is 2.48. The molecule has 0 amide bonds. The summed E-state index contributed by atoms with van der Waals surface area (Å²) in [4.78, 5) is 12.0. The van der Waals surface area contributed by atoms with Gasteiger partial charge >= 0.3 is 5.97 Å². The largest absolute Gasteiger partial charge is 0.508 e. The third-order valence-corrected chi connectivity index (χ3v) is 3.05. The monoisotopic (exact) mass is 270 g/mol.